The minimum Gasteiger partial charge on any atom is -0.496 e. The number of hydrogen-bond acceptors (Lipinski definition) is 3. The molecule has 0 aromatic heterocycles. The summed E-state index contributed by atoms with van der Waals surface area (Å²) in [7, 11) is 1.50. The Morgan fingerprint density at radius 1 is 0.846 bits per heavy atom. The van der Waals surface area contributed by atoms with Crippen LogP contribution in [0.1, 0.15) is 10.4 Å². The van der Waals surface area contributed by atoms with E-state index in [1.54, 1.807) is 48.5 Å². The predicted molar refractivity (Wildman–Crippen MR) is 97.0 cm³/mol. The van der Waals surface area contributed by atoms with Crippen LogP contribution in [-0.2, 0) is 0 Å². The number of para-hydroxylation sites is 1. The highest BCUT2D eigenvalue weighted by atomic mass is 19.2. The summed E-state index contributed by atoms with van der Waals surface area (Å²) in [6, 6.07) is 17.4. The molecule has 0 aliphatic rings. The lowest BCUT2D eigenvalue weighted by Crippen LogP contribution is -2.13. The Hall–Kier alpha value is -3.41. The van der Waals surface area contributed by atoms with Gasteiger partial charge in [0.2, 0.25) is 0 Å². The fraction of sp³-hybridized carbons (Fsp3) is 0.0500. The molecule has 132 valence electrons. The Kier molecular flexibility index (Phi) is 5.12. The molecule has 0 fully saturated rings. The molecule has 26 heavy (non-hydrogen) atoms. The van der Waals surface area contributed by atoms with E-state index in [1.165, 1.54) is 13.2 Å². The van der Waals surface area contributed by atoms with Crippen molar-refractivity contribution >= 4 is 23.0 Å². The minimum atomic E-state index is -0.921. The van der Waals surface area contributed by atoms with E-state index in [4.69, 9.17) is 4.74 Å². The molecular weight excluding hydrogens is 338 g/mol. The van der Waals surface area contributed by atoms with Crippen molar-refractivity contribution in [3.63, 3.8) is 0 Å². The summed E-state index contributed by atoms with van der Waals surface area (Å²) in [5.41, 5.74) is 2.12. The van der Waals surface area contributed by atoms with E-state index in [1.807, 2.05) is 0 Å². The Balaban J connectivity index is 1.69. The van der Waals surface area contributed by atoms with Crippen LogP contribution >= 0.6 is 0 Å². The zero-order chi connectivity index (χ0) is 18.5. The summed E-state index contributed by atoms with van der Waals surface area (Å²) in [5, 5.41) is 5.75. The van der Waals surface area contributed by atoms with Gasteiger partial charge in [0.15, 0.2) is 11.6 Å². The van der Waals surface area contributed by atoms with Crippen molar-refractivity contribution < 1.29 is 18.3 Å². The van der Waals surface area contributed by atoms with Gasteiger partial charge >= 0.3 is 0 Å². The van der Waals surface area contributed by atoms with Crippen LogP contribution in [0.3, 0.4) is 0 Å². The number of benzene rings is 3. The summed E-state index contributed by atoms with van der Waals surface area (Å²) >= 11 is 0. The monoisotopic (exact) mass is 354 g/mol. The first-order valence-electron chi connectivity index (χ1n) is 7.83. The standard InChI is InChI=1S/C20H16F2N2O2/c1-26-19-5-3-2-4-16(19)20(25)24-14-8-6-13(7-9-14)23-15-10-11-17(21)18(22)12-15/h2-12,23H,1H3,(H,24,25). The quantitative estimate of drug-likeness (QED) is 0.680. The van der Waals surface area contributed by atoms with E-state index in [-0.39, 0.29) is 5.91 Å². The second kappa shape index (κ2) is 7.65. The van der Waals surface area contributed by atoms with Gasteiger partial charge in [0.1, 0.15) is 5.75 Å². The molecule has 0 bridgehead atoms. The number of methoxy groups -OCH3 is 1. The molecule has 0 heterocycles. The number of halogens is 2. The molecule has 0 radical (unpaired) electrons. The van der Waals surface area contributed by atoms with Gasteiger partial charge in [0, 0.05) is 23.1 Å². The van der Waals surface area contributed by atoms with Crippen LogP contribution in [0.15, 0.2) is 66.7 Å². The second-order valence-electron chi connectivity index (χ2n) is 5.49. The topological polar surface area (TPSA) is 50.4 Å². The zero-order valence-corrected chi connectivity index (χ0v) is 13.9. The number of anilines is 3. The number of nitrogens with one attached hydrogen (secondary N) is 2. The average molecular weight is 354 g/mol. The molecule has 0 atom stereocenters. The SMILES string of the molecule is COc1ccccc1C(=O)Nc1ccc(Nc2ccc(F)c(F)c2)cc1. The Bertz CT molecular complexity index is 927. The Morgan fingerprint density at radius 3 is 2.19 bits per heavy atom. The van der Waals surface area contributed by atoms with E-state index in [0.29, 0.717) is 28.4 Å². The molecule has 4 nitrogen and oxygen atoms in total. The summed E-state index contributed by atoms with van der Waals surface area (Å²) in [5.74, 6) is -1.62. The van der Waals surface area contributed by atoms with Crippen molar-refractivity contribution in [1.82, 2.24) is 0 Å². The van der Waals surface area contributed by atoms with Crippen molar-refractivity contribution in [3.8, 4) is 5.75 Å². The van der Waals surface area contributed by atoms with Gasteiger partial charge in [-0.25, -0.2) is 8.78 Å². The maximum Gasteiger partial charge on any atom is 0.259 e. The highest BCUT2D eigenvalue weighted by Crippen LogP contribution is 2.22. The molecule has 1 amide bonds. The molecule has 3 aromatic carbocycles. The highest BCUT2D eigenvalue weighted by Gasteiger charge is 2.11. The fourth-order valence-electron chi connectivity index (χ4n) is 2.41. The van der Waals surface area contributed by atoms with Crippen molar-refractivity contribution in [2.75, 3.05) is 17.7 Å². The fourth-order valence-corrected chi connectivity index (χ4v) is 2.41. The van der Waals surface area contributed by atoms with E-state index in [2.05, 4.69) is 10.6 Å². The normalized spacial score (nSPS) is 10.3. The first kappa shape index (κ1) is 17.4. The van der Waals surface area contributed by atoms with E-state index in [0.717, 1.165) is 12.1 Å². The molecule has 0 saturated heterocycles. The molecule has 0 spiro atoms. The van der Waals surface area contributed by atoms with Gasteiger partial charge in [0.05, 0.1) is 12.7 Å². The van der Waals surface area contributed by atoms with E-state index < -0.39 is 11.6 Å². The number of carbonyl (C=O) groups is 1. The molecule has 3 rings (SSSR count). The van der Waals surface area contributed by atoms with Gasteiger partial charge in [-0.2, -0.15) is 0 Å². The molecule has 0 aliphatic heterocycles. The number of rotatable bonds is 5. The van der Waals surface area contributed by atoms with Crippen molar-refractivity contribution in [3.05, 3.63) is 83.9 Å². The number of ether oxygens (including phenoxy) is 1. The molecule has 2 N–H and O–H groups in total. The summed E-state index contributed by atoms with van der Waals surface area (Å²) < 4.78 is 31.4. The number of carbonyl (C=O) groups excluding carboxylic acids is 1. The van der Waals surface area contributed by atoms with Crippen LogP contribution in [0.25, 0.3) is 0 Å². The molecule has 0 aliphatic carbocycles. The lowest BCUT2D eigenvalue weighted by atomic mass is 10.2. The van der Waals surface area contributed by atoms with Crippen LogP contribution in [0.2, 0.25) is 0 Å². The maximum absolute atomic E-state index is 13.2. The summed E-state index contributed by atoms with van der Waals surface area (Å²) in [6.07, 6.45) is 0. The van der Waals surface area contributed by atoms with Gasteiger partial charge in [-0.15, -0.1) is 0 Å². The van der Waals surface area contributed by atoms with Crippen LogP contribution in [0.4, 0.5) is 25.8 Å². The average Bonchev–Trinajstić information content (AvgIpc) is 2.66. The Morgan fingerprint density at radius 2 is 1.50 bits per heavy atom. The largest absolute Gasteiger partial charge is 0.496 e. The van der Waals surface area contributed by atoms with Gasteiger partial charge in [-0.1, -0.05) is 12.1 Å². The molecule has 0 unspecified atom stereocenters. The summed E-state index contributed by atoms with van der Waals surface area (Å²) in [4.78, 5) is 12.4. The maximum atomic E-state index is 13.2. The second-order valence-corrected chi connectivity index (χ2v) is 5.49. The van der Waals surface area contributed by atoms with Gasteiger partial charge in [-0.05, 0) is 48.5 Å². The van der Waals surface area contributed by atoms with Crippen LogP contribution in [0.5, 0.6) is 5.75 Å². The van der Waals surface area contributed by atoms with Gasteiger partial charge < -0.3 is 15.4 Å². The molecule has 6 heteroatoms. The smallest absolute Gasteiger partial charge is 0.259 e. The lowest BCUT2D eigenvalue weighted by molar-refractivity contribution is 0.102. The molecular formula is C20H16F2N2O2. The molecule has 0 saturated carbocycles. The molecule has 3 aromatic rings. The van der Waals surface area contributed by atoms with Gasteiger partial charge in [0.25, 0.3) is 5.91 Å². The van der Waals surface area contributed by atoms with E-state index in [9.17, 15) is 13.6 Å². The minimum absolute atomic E-state index is 0.288. The van der Waals surface area contributed by atoms with Crippen molar-refractivity contribution in [2.24, 2.45) is 0 Å². The van der Waals surface area contributed by atoms with E-state index >= 15 is 0 Å². The predicted octanol–water partition coefficient (Wildman–Crippen LogP) is 4.97. The zero-order valence-electron chi connectivity index (χ0n) is 13.9. The Labute approximate surface area is 149 Å². The first-order chi connectivity index (χ1) is 12.6. The van der Waals surface area contributed by atoms with Crippen molar-refractivity contribution in [2.45, 2.75) is 0 Å². The summed E-state index contributed by atoms with van der Waals surface area (Å²) in [6.45, 7) is 0. The van der Waals surface area contributed by atoms with Crippen LogP contribution in [0, 0.1) is 11.6 Å². The van der Waals surface area contributed by atoms with Crippen LogP contribution in [-0.4, -0.2) is 13.0 Å². The first-order valence-corrected chi connectivity index (χ1v) is 7.83. The third-order valence-corrected chi connectivity index (χ3v) is 3.70. The third kappa shape index (κ3) is 3.97. The van der Waals surface area contributed by atoms with Crippen LogP contribution < -0.4 is 15.4 Å². The van der Waals surface area contributed by atoms with Crippen molar-refractivity contribution in [1.29, 1.82) is 0 Å². The lowest BCUT2D eigenvalue weighted by Gasteiger charge is -2.10. The number of amides is 1. The highest BCUT2D eigenvalue weighted by molar-refractivity contribution is 6.06. The third-order valence-electron chi connectivity index (χ3n) is 3.70. The number of hydrogen-bond donors (Lipinski definition) is 2. The van der Waals surface area contributed by atoms with Gasteiger partial charge in [-0.3, -0.25) is 4.79 Å².